The summed E-state index contributed by atoms with van der Waals surface area (Å²) in [6, 6.07) is 18.1. The third-order valence-corrected chi connectivity index (χ3v) is 4.47. The highest BCUT2D eigenvalue weighted by molar-refractivity contribution is 7.99. The zero-order valence-corrected chi connectivity index (χ0v) is 14.2. The van der Waals surface area contributed by atoms with Crippen molar-refractivity contribution in [1.29, 1.82) is 0 Å². The molecule has 1 heterocycles. The third kappa shape index (κ3) is 3.65. The number of thioether (sulfide) groups is 1. The van der Waals surface area contributed by atoms with E-state index in [1.54, 1.807) is 0 Å². The molecule has 24 heavy (non-hydrogen) atoms. The summed E-state index contributed by atoms with van der Waals surface area (Å²) < 4.78 is 2.01. The fraction of sp³-hybridized carbons (Fsp3) is 0.167. The van der Waals surface area contributed by atoms with Gasteiger partial charge in [-0.2, -0.15) is 0 Å². The topological polar surface area (TPSA) is 73.8 Å². The largest absolute Gasteiger partial charge is 0.370 e. The molecule has 0 fully saturated rings. The summed E-state index contributed by atoms with van der Waals surface area (Å²) in [7, 11) is 0. The van der Waals surface area contributed by atoms with Gasteiger partial charge in [0.15, 0.2) is 11.0 Å². The van der Waals surface area contributed by atoms with Crippen LogP contribution in [0.2, 0.25) is 0 Å². The van der Waals surface area contributed by atoms with Gasteiger partial charge in [0.2, 0.25) is 5.91 Å². The van der Waals surface area contributed by atoms with Crippen molar-refractivity contribution in [2.24, 2.45) is 5.73 Å². The molecular formula is C18H18N4OS. The molecule has 122 valence electrons. The zero-order chi connectivity index (χ0) is 16.9. The summed E-state index contributed by atoms with van der Waals surface area (Å²) in [5.41, 5.74) is 8.40. The Morgan fingerprint density at radius 1 is 1.08 bits per heavy atom. The second-order valence-electron chi connectivity index (χ2n) is 5.41. The molecule has 2 aromatic carbocycles. The summed E-state index contributed by atoms with van der Waals surface area (Å²) in [6.07, 6.45) is 0.312. The maximum atomic E-state index is 11.0. The van der Waals surface area contributed by atoms with E-state index in [0.29, 0.717) is 12.2 Å². The smallest absolute Gasteiger partial charge is 0.218 e. The van der Waals surface area contributed by atoms with Gasteiger partial charge < -0.3 is 5.73 Å². The molecule has 0 bridgehead atoms. The first-order valence-corrected chi connectivity index (χ1v) is 8.62. The molecular weight excluding hydrogens is 320 g/mol. The van der Waals surface area contributed by atoms with Crippen LogP contribution < -0.4 is 5.73 Å². The number of rotatable bonds is 6. The molecule has 0 spiro atoms. The van der Waals surface area contributed by atoms with E-state index in [9.17, 15) is 4.79 Å². The van der Waals surface area contributed by atoms with E-state index in [1.807, 2.05) is 47.0 Å². The molecule has 1 aromatic heterocycles. The lowest BCUT2D eigenvalue weighted by Gasteiger charge is -2.10. The van der Waals surface area contributed by atoms with Crippen LogP contribution in [0, 0.1) is 6.92 Å². The van der Waals surface area contributed by atoms with Gasteiger partial charge in [-0.3, -0.25) is 9.36 Å². The van der Waals surface area contributed by atoms with Crippen LogP contribution in [0.3, 0.4) is 0 Å². The van der Waals surface area contributed by atoms with E-state index in [0.717, 1.165) is 22.2 Å². The molecule has 0 unspecified atom stereocenters. The zero-order valence-electron chi connectivity index (χ0n) is 13.3. The van der Waals surface area contributed by atoms with Gasteiger partial charge in [-0.25, -0.2) is 0 Å². The van der Waals surface area contributed by atoms with E-state index in [-0.39, 0.29) is 5.91 Å². The van der Waals surface area contributed by atoms with Crippen molar-refractivity contribution in [3.8, 4) is 17.1 Å². The lowest BCUT2D eigenvalue weighted by Crippen LogP contribution is -2.11. The van der Waals surface area contributed by atoms with Crippen molar-refractivity contribution in [3.05, 3.63) is 60.2 Å². The van der Waals surface area contributed by atoms with Crippen LogP contribution in [0.15, 0.2) is 59.8 Å². The molecule has 0 saturated heterocycles. The molecule has 5 nitrogen and oxygen atoms in total. The maximum Gasteiger partial charge on any atom is 0.218 e. The normalized spacial score (nSPS) is 10.7. The minimum absolute atomic E-state index is 0.312. The van der Waals surface area contributed by atoms with Crippen LogP contribution in [-0.4, -0.2) is 26.4 Å². The Kier molecular flexibility index (Phi) is 4.96. The molecule has 0 saturated carbocycles. The fourth-order valence-corrected chi connectivity index (χ4v) is 3.21. The molecule has 0 aliphatic carbocycles. The predicted molar refractivity (Wildman–Crippen MR) is 96.1 cm³/mol. The number of primary amides is 1. The number of hydrogen-bond donors (Lipinski definition) is 1. The quantitative estimate of drug-likeness (QED) is 0.700. The predicted octanol–water partition coefficient (Wildman–Crippen LogP) is 3.21. The number of aromatic nitrogens is 3. The molecule has 0 atom stereocenters. The first-order valence-electron chi connectivity index (χ1n) is 7.64. The van der Waals surface area contributed by atoms with Gasteiger partial charge >= 0.3 is 0 Å². The van der Waals surface area contributed by atoms with Crippen molar-refractivity contribution in [3.63, 3.8) is 0 Å². The minimum atomic E-state index is -0.313. The first kappa shape index (κ1) is 16.3. The Hall–Kier alpha value is -2.60. The van der Waals surface area contributed by atoms with Crippen molar-refractivity contribution in [2.75, 3.05) is 5.75 Å². The van der Waals surface area contributed by atoms with Gasteiger partial charge in [-0.15, -0.1) is 10.2 Å². The number of amides is 1. The molecule has 3 aromatic rings. The number of hydrogen-bond acceptors (Lipinski definition) is 4. The second-order valence-corrected chi connectivity index (χ2v) is 6.47. The maximum absolute atomic E-state index is 11.0. The average Bonchev–Trinajstić information content (AvgIpc) is 3.00. The number of nitrogens with zero attached hydrogens (tertiary/aromatic N) is 3. The van der Waals surface area contributed by atoms with E-state index >= 15 is 0 Å². The molecule has 3 rings (SSSR count). The molecule has 1 amide bonds. The van der Waals surface area contributed by atoms with Gasteiger partial charge in [0.1, 0.15) is 0 Å². The minimum Gasteiger partial charge on any atom is -0.370 e. The van der Waals surface area contributed by atoms with Crippen molar-refractivity contribution >= 4 is 17.7 Å². The summed E-state index contributed by atoms with van der Waals surface area (Å²) in [5.74, 6) is 1.04. The highest BCUT2D eigenvalue weighted by Crippen LogP contribution is 2.28. The van der Waals surface area contributed by atoms with Crippen molar-refractivity contribution in [2.45, 2.75) is 18.5 Å². The van der Waals surface area contributed by atoms with Crippen LogP contribution in [0.1, 0.15) is 12.0 Å². The van der Waals surface area contributed by atoms with Crippen LogP contribution in [0.25, 0.3) is 17.1 Å². The summed E-state index contributed by atoms with van der Waals surface area (Å²) in [5, 5.41) is 9.42. The van der Waals surface area contributed by atoms with Crippen LogP contribution in [-0.2, 0) is 4.79 Å². The molecule has 0 aliphatic heterocycles. The average molecular weight is 338 g/mol. The monoisotopic (exact) mass is 338 g/mol. The van der Waals surface area contributed by atoms with E-state index in [4.69, 9.17) is 5.73 Å². The Morgan fingerprint density at radius 3 is 2.46 bits per heavy atom. The number of carbonyl (C=O) groups is 1. The standard InChI is InChI=1S/C18H18N4OS/c1-13-7-9-15(10-8-13)22-17(14-5-3-2-4-6-14)20-21-18(22)24-12-11-16(19)23/h2-10H,11-12H2,1H3,(H2,19,23). The SMILES string of the molecule is Cc1ccc(-n2c(SCCC(N)=O)nnc2-c2ccccc2)cc1. The van der Waals surface area contributed by atoms with Crippen LogP contribution in [0.5, 0.6) is 0 Å². The number of carbonyl (C=O) groups excluding carboxylic acids is 1. The fourth-order valence-electron chi connectivity index (χ4n) is 2.31. The van der Waals surface area contributed by atoms with Gasteiger partial charge in [-0.1, -0.05) is 59.8 Å². The number of benzene rings is 2. The van der Waals surface area contributed by atoms with Crippen LogP contribution in [0.4, 0.5) is 0 Å². The highest BCUT2D eigenvalue weighted by atomic mass is 32.2. The molecule has 0 radical (unpaired) electrons. The first-order chi connectivity index (χ1) is 11.6. The summed E-state index contributed by atoms with van der Waals surface area (Å²) >= 11 is 1.48. The summed E-state index contributed by atoms with van der Waals surface area (Å²) in [6.45, 7) is 2.05. The van der Waals surface area contributed by atoms with E-state index in [1.165, 1.54) is 17.3 Å². The lowest BCUT2D eigenvalue weighted by atomic mass is 10.2. The van der Waals surface area contributed by atoms with Gasteiger partial charge in [0, 0.05) is 23.4 Å². The molecule has 2 N–H and O–H groups in total. The Morgan fingerprint density at radius 2 is 1.79 bits per heavy atom. The number of nitrogens with two attached hydrogens (primary N) is 1. The van der Waals surface area contributed by atoms with Crippen molar-refractivity contribution < 1.29 is 4.79 Å². The Balaban J connectivity index is 2.02. The Labute approximate surface area is 144 Å². The van der Waals surface area contributed by atoms with Gasteiger partial charge in [0.05, 0.1) is 0 Å². The summed E-state index contributed by atoms with van der Waals surface area (Å²) in [4.78, 5) is 11.0. The van der Waals surface area contributed by atoms with E-state index in [2.05, 4.69) is 29.3 Å². The second kappa shape index (κ2) is 7.31. The van der Waals surface area contributed by atoms with E-state index < -0.39 is 0 Å². The van der Waals surface area contributed by atoms with Gasteiger partial charge in [-0.05, 0) is 19.1 Å². The van der Waals surface area contributed by atoms with Gasteiger partial charge in [0.25, 0.3) is 0 Å². The third-order valence-electron chi connectivity index (χ3n) is 3.54. The highest BCUT2D eigenvalue weighted by Gasteiger charge is 2.16. The number of aryl methyl sites for hydroxylation is 1. The Bertz CT molecular complexity index is 828. The lowest BCUT2D eigenvalue weighted by molar-refractivity contribution is -0.117. The molecule has 6 heteroatoms. The molecule has 0 aliphatic rings. The van der Waals surface area contributed by atoms with Crippen LogP contribution >= 0.6 is 11.8 Å². The van der Waals surface area contributed by atoms with Crippen molar-refractivity contribution in [1.82, 2.24) is 14.8 Å².